The van der Waals surface area contributed by atoms with Crippen molar-refractivity contribution in [3.05, 3.63) is 95.1 Å². The monoisotopic (exact) mass is 378 g/mol. The third kappa shape index (κ3) is 3.19. The van der Waals surface area contributed by atoms with Crippen LogP contribution in [0.25, 0.3) is 21.5 Å². The molecule has 0 unspecified atom stereocenters. The van der Waals surface area contributed by atoms with Gasteiger partial charge in [-0.15, -0.1) is 0 Å². The molecule has 0 spiro atoms. The molecule has 1 aliphatic rings. The van der Waals surface area contributed by atoms with Gasteiger partial charge in [0.1, 0.15) is 0 Å². The van der Waals surface area contributed by atoms with Gasteiger partial charge in [0.25, 0.3) is 0 Å². The van der Waals surface area contributed by atoms with Gasteiger partial charge >= 0.3 is 0 Å². The summed E-state index contributed by atoms with van der Waals surface area (Å²) in [7, 11) is 0. The first-order chi connectivity index (χ1) is 14.2. The van der Waals surface area contributed by atoms with Gasteiger partial charge in [0.05, 0.1) is 12.1 Å². The van der Waals surface area contributed by atoms with Crippen molar-refractivity contribution >= 4 is 33.2 Å². The molecule has 3 nitrogen and oxygen atoms in total. The summed E-state index contributed by atoms with van der Waals surface area (Å²) in [5.74, 6) is -0.105. The number of rotatable bonds is 4. The highest BCUT2D eigenvalue weighted by Crippen LogP contribution is 2.33. The molecule has 4 aromatic carbocycles. The van der Waals surface area contributed by atoms with Gasteiger partial charge in [-0.3, -0.25) is 4.79 Å². The van der Waals surface area contributed by atoms with Crippen LogP contribution in [0.1, 0.15) is 29.2 Å². The molecule has 0 radical (unpaired) electrons. The molecule has 5 rings (SSSR count). The second-order valence-electron chi connectivity index (χ2n) is 7.66. The molecule has 1 amide bonds. The highest BCUT2D eigenvalue weighted by atomic mass is 16.2. The minimum atomic E-state index is -0.105. The molecule has 0 heterocycles. The number of fused-ring (bicyclic) bond motifs is 1. The largest absolute Gasteiger partial charge is 0.273 e. The summed E-state index contributed by atoms with van der Waals surface area (Å²) < 4.78 is 0. The lowest BCUT2D eigenvalue weighted by Gasteiger charge is -2.09. The summed E-state index contributed by atoms with van der Waals surface area (Å²) in [4.78, 5) is 12.6. The van der Waals surface area contributed by atoms with Crippen molar-refractivity contribution in [1.82, 2.24) is 5.43 Å². The van der Waals surface area contributed by atoms with Crippen LogP contribution in [0.3, 0.4) is 0 Å². The van der Waals surface area contributed by atoms with E-state index in [9.17, 15) is 4.79 Å². The Morgan fingerprint density at radius 2 is 1.59 bits per heavy atom. The topological polar surface area (TPSA) is 41.5 Å². The number of hydrogen-bond acceptors (Lipinski definition) is 2. The van der Waals surface area contributed by atoms with E-state index in [4.69, 9.17) is 0 Å². The molecular weight excluding hydrogens is 356 g/mol. The second-order valence-corrected chi connectivity index (χ2v) is 7.66. The first-order valence-corrected chi connectivity index (χ1v) is 10.0. The number of carbonyl (C=O) groups is 1. The molecule has 0 bridgehead atoms. The molecule has 0 atom stereocenters. The van der Waals surface area contributed by atoms with Crippen LogP contribution in [0.2, 0.25) is 0 Å². The van der Waals surface area contributed by atoms with E-state index in [1.807, 2.05) is 31.2 Å². The standard InChI is InChI=1S/C26H22N2O/c1-17(22-15-14-20-13-12-19-8-5-11-24(22)26(19)20)27-28-25(29)16-21-9-4-7-18-6-2-3-10-23(18)21/h2-11,14-15H,12-13,16H2,1H3,(H,28,29). The quantitative estimate of drug-likeness (QED) is 0.386. The molecular formula is C26H22N2O. The van der Waals surface area contributed by atoms with E-state index in [-0.39, 0.29) is 5.91 Å². The van der Waals surface area contributed by atoms with Crippen LogP contribution in [0, 0.1) is 0 Å². The van der Waals surface area contributed by atoms with Crippen LogP contribution >= 0.6 is 0 Å². The zero-order valence-corrected chi connectivity index (χ0v) is 16.4. The fourth-order valence-corrected chi connectivity index (χ4v) is 4.43. The Labute approximate surface area is 170 Å². The Bertz CT molecular complexity index is 1270. The van der Waals surface area contributed by atoms with Crippen molar-refractivity contribution in [2.75, 3.05) is 0 Å². The molecule has 29 heavy (non-hydrogen) atoms. The summed E-state index contributed by atoms with van der Waals surface area (Å²) >= 11 is 0. The first kappa shape index (κ1) is 17.6. The minimum absolute atomic E-state index is 0.105. The van der Waals surface area contributed by atoms with E-state index in [0.717, 1.165) is 40.5 Å². The van der Waals surface area contributed by atoms with Crippen LogP contribution in [-0.4, -0.2) is 11.6 Å². The predicted molar refractivity (Wildman–Crippen MR) is 119 cm³/mol. The molecule has 142 valence electrons. The average molecular weight is 378 g/mol. The number of nitrogens with zero attached hydrogens (tertiary/aromatic N) is 1. The van der Waals surface area contributed by atoms with E-state index >= 15 is 0 Å². The summed E-state index contributed by atoms with van der Waals surface area (Å²) in [5.41, 5.74) is 8.49. The van der Waals surface area contributed by atoms with E-state index in [1.165, 1.54) is 21.9 Å². The molecule has 0 saturated heterocycles. The van der Waals surface area contributed by atoms with Crippen molar-refractivity contribution < 1.29 is 4.79 Å². The third-order valence-electron chi connectivity index (χ3n) is 5.85. The third-order valence-corrected chi connectivity index (χ3v) is 5.85. The second kappa shape index (κ2) is 7.17. The van der Waals surface area contributed by atoms with Crippen LogP contribution in [0.5, 0.6) is 0 Å². The van der Waals surface area contributed by atoms with Crippen LogP contribution in [0.15, 0.2) is 77.9 Å². The summed E-state index contributed by atoms with van der Waals surface area (Å²) in [6, 6.07) is 25.0. The number of benzene rings is 4. The lowest BCUT2D eigenvalue weighted by Crippen LogP contribution is -2.21. The maximum atomic E-state index is 12.6. The van der Waals surface area contributed by atoms with Crippen molar-refractivity contribution in [2.45, 2.75) is 26.2 Å². The van der Waals surface area contributed by atoms with Crippen molar-refractivity contribution in [2.24, 2.45) is 5.10 Å². The van der Waals surface area contributed by atoms with Crippen molar-refractivity contribution in [1.29, 1.82) is 0 Å². The van der Waals surface area contributed by atoms with Crippen LogP contribution in [0.4, 0.5) is 0 Å². The van der Waals surface area contributed by atoms with Crippen LogP contribution in [-0.2, 0) is 24.1 Å². The van der Waals surface area contributed by atoms with Gasteiger partial charge in [-0.25, -0.2) is 5.43 Å². The van der Waals surface area contributed by atoms with Gasteiger partial charge < -0.3 is 0 Å². The fourth-order valence-electron chi connectivity index (χ4n) is 4.43. The normalized spacial score (nSPS) is 13.2. The van der Waals surface area contributed by atoms with E-state index < -0.39 is 0 Å². The number of carbonyl (C=O) groups excluding carboxylic acids is 1. The number of nitrogens with one attached hydrogen (secondary N) is 1. The SMILES string of the molecule is CC(=NNC(=O)Cc1cccc2ccccc12)c1ccc2c3c(cccc13)CC2. The first-order valence-electron chi connectivity index (χ1n) is 10.0. The molecule has 1 N–H and O–H groups in total. The Morgan fingerprint density at radius 1 is 0.862 bits per heavy atom. The van der Waals surface area contributed by atoms with Gasteiger partial charge in [-0.1, -0.05) is 72.8 Å². The number of amides is 1. The smallest absolute Gasteiger partial charge is 0.244 e. The van der Waals surface area contributed by atoms with Gasteiger partial charge in [-0.05, 0) is 58.0 Å². The zero-order valence-electron chi connectivity index (χ0n) is 16.4. The Kier molecular flexibility index (Phi) is 4.36. The summed E-state index contributed by atoms with van der Waals surface area (Å²) in [6.07, 6.45) is 2.52. The van der Waals surface area contributed by atoms with Crippen LogP contribution < -0.4 is 5.43 Å². The van der Waals surface area contributed by atoms with E-state index in [1.54, 1.807) is 0 Å². The minimum Gasteiger partial charge on any atom is -0.273 e. The molecule has 4 aromatic rings. The zero-order chi connectivity index (χ0) is 19.8. The molecule has 3 heteroatoms. The molecule has 0 saturated carbocycles. The maximum absolute atomic E-state index is 12.6. The fraction of sp³-hybridized carbons (Fsp3) is 0.154. The average Bonchev–Trinajstić information content (AvgIpc) is 3.18. The highest BCUT2D eigenvalue weighted by molar-refractivity contribution is 6.11. The summed E-state index contributed by atoms with van der Waals surface area (Å²) in [6.45, 7) is 1.96. The highest BCUT2D eigenvalue weighted by Gasteiger charge is 2.16. The van der Waals surface area contributed by atoms with Gasteiger partial charge in [0, 0.05) is 5.56 Å². The molecule has 0 aliphatic heterocycles. The molecule has 1 aliphatic carbocycles. The Hall–Kier alpha value is -3.46. The van der Waals surface area contributed by atoms with Gasteiger partial charge in [-0.2, -0.15) is 5.10 Å². The number of aryl methyl sites for hydroxylation is 2. The molecule has 0 aromatic heterocycles. The summed E-state index contributed by atoms with van der Waals surface area (Å²) in [5, 5.41) is 9.26. The lowest BCUT2D eigenvalue weighted by atomic mass is 9.98. The maximum Gasteiger partial charge on any atom is 0.244 e. The van der Waals surface area contributed by atoms with Gasteiger partial charge in [0.15, 0.2) is 0 Å². The van der Waals surface area contributed by atoms with E-state index in [0.29, 0.717) is 6.42 Å². The van der Waals surface area contributed by atoms with Crippen molar-refractivity contribution in [3.63, 3.8) is 0 Å². The molecule has 0 fully saturated rings. The lowest BCUT2D eigenvalue weighted by molar-refractivity contribution is -0.120. The Balaban J connectivity index is 1.39. The predicted octanol–water partition coefficient (Wildman–Crippen LogP) is 5.17. The number of hydrazone groups is 1. The van der Waals surface area contributed by atoms with E-state index in [2.05, 4.69) is 59.1 Å². The number of hydrogen-bond donors (Lipinski definition) is 1. The van der Waals surface area contributed by atoms with Gasteiger partial charge in [0.2, 0.25) is 5.91 Å². The van der Waals surface area contributed by atoms with Crippen molar-refractivity contribution in [3.8, 4) is 0 Å². The Morgan fingerprint density at radius 3 is 2.48 bits per heavy atom.